The fraction of sp³-hybridized carbons (Fsp3) is 0.0833. The van der Waals surface area contributed by atoms with Crippen LogP contribution in [0.25, 0.3) is 0 Å². The molecule has 1 aromatic heterocycles. The normalized spacial score (nSPS) is 10.2. The highest BCUT2D eigenvalue weighted by Gasteiger charge is 2.06. The molecule has 0 aliphatic carbocycles. The standard InChI is InChI=1S/C12H9BrFNO/c1-8-3-2-4-12(15-8)16-11-7-9(13)5-6-10(11)14/h2-7H,1H3. The van der Waals surface area contributed by atoms with E-state index in [-0.39, 0.29) is 5.75 Å². The quantitative estimate of drug-likeness (QED) is 0.827. The van der Waals surface area contributed by atoms with Crippen LogP contribution < -0.4 is 4.74 Å². The molecule has 0 aliphatic rings. The van der Waals surface area contributed by atoms with Crippen LogP contribution in [0.4, 0.5) is 4.39 Å². The smallest absolute Gasteiger partial charge is 0.219 e. The Morgan fingerprint density at radius 2 is 2.06 bits per heavy atom. The van der Waals surface area contributed by atoms with Gasteiger partial charge in [-0.2, -0.15) is 0 Å². The van der Waals surface area contributed by atoms with E-state index < -0.39 is 5.82 Å². The molecule has 0 fully saturated rings. The summed E-state index contributed by atoms with van der Waals surface area (Å²) in [5.74, 6) is 0.135. The van der Waals surface area contributed by atoms with Gasteiger partial charge in [0.1, 0.15) is 0 Å². The molecule has 2 nitrogen and oxygen atoms in total. The van der Waals surface area contributed by atoms with Crippen LogP contribution in [0.15, 0.2) is 40.9 Å². The second-order valence-electron chi connectivity index (χ2n) is 3.29. The van der Waals surface area contributed by atoms with Gasteiger partial charge in [-0.3, -0.25) is 0 Å². The van der Waals surface area contributed by atoms with Crippen molar-refractivity contribution in [1.82, 2.24) is 4.98 Å². The third-order valence-electron chi connectivity index (χ3n) is 1.97. The number of aromatic nitrogens is 1. The molecule has 0 atom stereocenters. The van der Waals surface area contributed by atoms with Crippen molar-refractivity contribution in [2.45, 2.75) is 6.92 Å². The fourth-order valence-corrected chi connectivity index (χ4v) is 1.58. The molecule has 16 heavy (non-hydrogen) atoms. The zero-order chi connectivity index (χ0) is 11.5. The van der Waals surface area contributed by atoms with Gasteiger partial charge in [0.05, 0.1) is 0 Å². The summed E-state index contributed by atoms with van der Waals surface area (Å²) in [6.07, 6.45) is 0. The zero-order valence-electron chi connectivity index (χ0n) is 8.58. The molecule has 0 bridgehead atoms. The highest BCUT2D eigenvalue weighted by Crippen LogP contribution is 2.26. The molecular weight excluding hydrogens is 273 g/mol. The summed E-state index contributed by atoms with van der Waals surface area (Å²) in [4.78, 5) is 4.14. The van der Waals surface area contributed by atoms with Crippen LogP contribution in [-0.2, 0) is 0 Å². The van der Waals surface area contributed by atoms with E-state index in [9.17, 15) is 4.39 Å². The monoisotopic (exact) mass is 281 g/mol. The van der Waals surface area contributed by atoms with E-state index >= 15 is 0 Å². The van der Waals surface area contributed by atoms with Crippen molar-refractivity contribution in [3.63, 3.8) is 0 Å². The summed E-state index contributed by atoms with van der Waals surface area (Å²) >= 11 is 3.26. The van der Waals surface area contributed by atoms with E-state index in [0.29, 0.717) is 5.88 Å². The first kappa shape index (κ1) is 11.1. The van der Waals surface area contributed by atoms with Gasteiger partial charge in [-0.05, 0) is 31.2 Å². The first-order valence-corrected chi connectivity index (χ1v) is 5.51. The number of aryl methyl sites for hydroxylation is 1. The second kappa shape index (κ2) is 4.61. The van der Waals surface area contributed by atoms with E-state index in [1.54, 1.807) is 18.2 Å². The minimum absolute atomic E-state index is 0.160. The molecule has 4 heteroatoms. The summed E-state index contributed by atoms with van der Waals surface area (Å²) in [5, 5.41) is 0. The summed E-state index contributed by atoms with van der Waals surface area (Å²) in [6, 6.07) is 9.88. The summed E-state index contributed by atoms with van der Waals surface area (Å²) in [5.41, 5.74) is 0.827. The Morgan fingerprint density at radius 1 is 1.25 bits per heavy atom. The highest BCUT2D eigenvalue weighted by molar-refractivity contribution is 9.10. The highest BCUT2D eigenvalue weighted by atomic mass is 79.9. The lowest BCUT2D eigenvalue weighted by Crippen LogP contribution is -1.91. The third-order valence-corrected chi connectivity index (χ3v) is 2.46. The molecule has 0 saturated carbocycles. The van der Waals surface area contributed by atoms with E-state index in [1.807, 2.05) is 19.1 Å². The summed E-state index contributed by atoms with van der Waals surface area (Å²) < 4.78 is 19.5. The molecular formula is C12H9BrFNO. The molecule has 0 spiro atoms. The number of rotatable bonds is 2. The van der Waals surface area contributed by atoms with Crippen LogP contribution in [0, 0.1) is 12.7 Å². The SMILES string of the molecule is Cc1cccc(Oc2cc(Br)ccc2F)n1. The van der Waals surface area contributed by atoms with Gasteiger partial charge in [0.2, 0.25) is 5.88 Å². The minimum atomic E-state index is -0.411. The number of hydrogen-bond donors (Lipinski definition) is 0. The van der Waals surface area contributed by atoms with Gasteiger partial charge < -0.3 is 4.74 Å². The van der Waals surface area contributed by atoms with Gasteiger partial charge in [0.15, 0.2) is 11.6 Å². The van der Waals surface area contributed by atoms with Crippen molar-refractivity contribution in [1.29, 1.82) is 0 Å². The Kier molecular flexibility index (Phi) is 3.19. The molecule has 0 radical (unpaired) electrons. The molecule has 0 amide bonds. The molecule has 0 N–H and O–H groups in total. The van der Waals surface area contributed by atoms with Gasteiger partial charge in [-0.1, -0.05) is 22.0 Å². The molecule has 82 valence electrons. The summed E-state index contributed by atoms with van der Waals surface area (Å²) in [7, 11) is 0. The van der Waals surface area contributed by atoms with Gasteiger partial charge >= 0.3 is 0 Å². The average molecular weight is 282 g/mol. The Hall–Kier alpha value is -1.42. The average Bonchev–Trinajstić information content (AvgIpc) is 2.24. The molecule has 0 aliphatic heterocycles. The van der Waals surface area contributed by atoms with Crippen molar-refractivity contribution in [2.24, 2.45) is 0 Å². The van der Waals surface area contributed by atoms with Gasteiger partial charge in [0.25, 0.3) is 0 Å². The maximum atomic E-state index is 13.4. The zero-order valence-corrected chi connectivity index (χ0v) is 10.2. The maximum absolute atomic E-state index is 13.4. The van der Waals surface area contributed by atoms with Crippen LogP contribution in [0.2, 0.25) is 0 Å². The van der Waals surface area contributed by atoms with Crippen molar-refractivity contribution >= 4 is 15.9 Å². The molecule has 2 rings (SSSR count). The topological polar surface area (TPSA) is 22.1 Å². The third kappa shape index (κ3) is 2.58. The lowest BCUT2D eigenvalue weighted by molar-refractivity contribution is 0.426. The van der Waals surface area contributed by atoms with Crippen LogP contribution in [-0.4, -0.2) is 4.98 Å². The largest absolute Gasteiger partial charge is 0.436 e. The Balaban J connectivity index is 2.30. The molecule has 0 unspecified atom stereocenters. The Labute approximate surface area is 101 Å². The second-order valence-corrected chi connectivity index (χ2v) is 4.21. The predicted octanol–water partition coefficient (Wildman–Crippen LogP) is 4.08. The van der Waals surface area contributed by atoms with Crippen LogP contribution in [0.3, 0.4) is 0 Å². The van der Waals surface area contributed by atoms with Gasteiger partial charge in [0, 0.05) is 16.2 Å². The summed E-state index contributed by atoms with van der Waals surface area (Å²) in [6.45, 7) is 1.85. The molecule has 1 heterocycles. The molecule has 2 aromatic rings. The Morgan fingerprint density at radius 3 is 2.81 bits per heavy atom. The van der Waals surface area contributed by atoms with Crippen LogP contribution in [0.5, 0.6) is 11.6 Å². The Bertz CT molecular complexity index is 516. The first-order valence-electron chi connectivity index (χ1n) is 4.72. The predicted molar refractivity (Wildman–Crippen MR) is 63.1 cm³/mol. The number of benzene rings is 1. The van der Waals surface area contributed by atoms with E-state index in [4.69, 9.17) is 4.74 Å². The first-order chi connectivity index (χ1) is 7.65. The lowest BCUT2D eigenvalue weighted by Gasteiger charge is -2.06. The van der Waals surface area contributed by atoms with E-state index in [2.05, 4.69) is 20.9 Å². The number of hydrogen-bond acceptors (Lipinski definition) is 2. The van der Waals surface area contributed by atoms with Crippen molar-refractivity contribution in [3.05, 3.63) is 52.4 Å². The number of pyridine rings is 1. The number of nitrogens with zero attached hydrogens (tertiary/aromatic N) is 1. The number of halogens is 2. The van der Waals surface area contributed by atoms with Crippen molar-refractivity contribution < 1.29 is 9.13 Å². The minimum Gasteiger partial charge on any atom is -0.436 e. The number of ether oxygens (including phenoxy) is 1. The van der Waals surface area contributed by atoms with Gasteiger partial charge in [-0.25, -0.2) is 9.37 Å². The molecule has 0 saturated heterocycles. The van der Waals surface area contributed by atoms with Crippen LogP contribution in [0.1, 0.15) is 5.69 Å². The maximum Gasteiger partial charge on any atom is 0.219 e. The molecule has 1 aromatic carbocycles. The van der Waals surface area contributed by atoms with E-state index in [1.165, 1.54) is 6.07 Å². The lowest BCUT2D eigenvalue weighted by atomic mass is 10.3. The van der Waals surface area contributed by atoms with Crippen LogP contribution >= 0.6 is 15.9 Å². The van der Waals surface area contributed by atoms with Gasteiger partial charge in [-0.15, -0.1) is 0 Å². The van der Waals surface area contributed by atoms with Crippen molar-refractivity contribution in [2.75, 3.05) is 0 Å². The van der Waals surface area contributed by atoms with Crippen molar-refractivity contribution in [3.8, 4) is 11.6 Å². The van der Waals surface area contributed by atoms with E-state index in [0.717, 1.165) is 10.2 Å². The fourth-order valence-electron chi connectivity index (χ4n) is 1.24.